The average molecular weight is 205 g/mol. The predicted octanol–water partition coefficient (Wildman–Crippen LogP) is 0.947. The van der Waals surface area contributed by atoms with Gasteiger partial charge in [0.2, 0.25) is 12.1 Å². The minimum atomic E-state index is -0.538. The topological polar surface area (TPSA) is 60.4 Å². The van der Waals surface area contributed by atoms with Crippen LogP contribution in [0.15, 0.2) is 24.3 Å². The van der Waals surface area contributed by atoms with Crippen LogP contribution in [0.4, 0.5) is 0 Å². The normalized spacial score (nSPS) is 9.40. The molecular formula is C11H9O4. The van der Waals surface area contributed by atoms with Gasteiger partial charge in [-0.15, -0.1) is 0 Å². The molecule has 0 atom stereocenters. The van der Waals surface area contributed by atoms with Crippen molar-refractivity contribution in [2.24, 2.45) is 0 Å². The zero-order valence-corrected chi connectivity index (χ0v) is 8.15. The van der Waals surface area contributed by atoms with E-state index in [-0.39, 0.29) is 6.61 Å². The highest BCUT2D eigenvalue weighted by atomic mass is 16.5. The third-order valence-corrected chi connectivity index (χ3v) is 1.73. The van der Waals surface area contributed by atoms with E-state index in [1.54, 1.807) is 6.29 Å². The highest BCUT2D eigenvalue weighted by Crippen LogP contribution is 2.12. The summed E-state index contributed by atoms with van der Waals surface area (Å²) in [5.41, 5.74) is 0.310. The lowest BCUT2D eigenvalue weighted by Crippen LogP contribution is -2.09. The van der Waals surface area contributed by atoms with Gasteiger partial charge in [0.25, 0.3) is 0 Å². The predicted molar refractivity (Wildman–Crippen MR) is 52.6 cm³/mol. The number of ketones is 2. The van der Waals surface area contributed by atoms with Crippen molar-refractivity contribution in [2.75, 3.05) is 6.61 Å². The molecule has 15 heavy (non-hydrogen) atoms. The zero-order chi connectivity index (χ0) is 11.3. The molecule has 0 unspecified atom stereocenters. The molecule has 1 rings (SSSR count). The standard InChI is InChI=1S/C11H9O4/c1-8(13)11(14)9-2-4-10(5-3-9)15-7-6-12/h2-5H,7H2,1H3. The number of carbonyl (C=O) groups excluding carboxylic acids is 3. The molecule has 0 amide bonds. The first kappa shape index (κ1) is 11.1. The van der Waals surface area contributed by atoms with E-state index in [1.165, 1.54) is 31.2 Å². The van der Waals surface area contributed by atoms with Crippen LogP contribution in [0.2, 0.25) is 0 Å². The van der Waals surface area contributed by atoms with Gasteiger partial charge in [-0.1, -0.05) is 0 Å². The van der Waals surface area contributed by atoms with E-state index in [0.29, 0.717) is 11.3 Å². The lowest BCUT2D eigenvalue weighted by atomic mass is 10.1. The lowest BCUT2D eigenvalue weighted by Gasteiger charge is -2.02. The van der Waals surface area contributed by atoms with Gasteiger partial charge in [-0.25, -0.2) is 0 Å². The Kier molecular flexibility index (Phi) is 3.74. The Balaban J connectivity index is 2.76. The van der Waals surface area contributed by atoms with Crippen molar-refractivity contribution in [1.82, 2.24) is 0 Å². The second-order valence-corrected chi connectivity index (χ2v) is 2.84. The molecule has 0 bridgehead atoms. The van der Waals surface area contributed by atoms with Crippen LogP contribution >= 0.6 is 0 Å². The second kappa shape index (κ2) is 5.05. The van der Waals surface area contributed by atoms with Gasteiger partial charge in [0.05, 0.1) is 0 Å². The molecule has 4 heteroatoms. The molecule has 0 aliphatic rings. The number of carbonyl (C=O) groups is 2. The van der Waals surface area contributed by atoms with Gasteiger partial charge in [-0.2, -0.15) is 0 Å². The molecule has 0 aliphatic heterocycles. The summed E-state index contributed by atoms with van der Waals surface area (Å²) in [7, 11) is 0. The van der Waals surface area contributed by atoms with Crippen LogP contribution < -0.4 is 4.74 Å². The zero-order valence-electron chi connectivity index (χ0n) is 8.15. The van der Waals surface area contributed by atoms with Crippen molar-refractivity contribution in [3.8, 4) is 5.75 Å². The minimum absolute atomic E-state index is 0.153. The summed E-state index contributed by atoms with van der Waals surface area (Å²) < 4.78 is 4.93. The lowest BCUT2D eigenvalue weighted by molar-refractivity contribution is -0.113. The third kappa shape index (κ3) is 3.02. The Morgan fingerprint density at radius 2 is 1.87 bits per heavy atom. The fraction of sp³-hybridized carbons (Fsp3) is 0.182. The molecule has 0 saturated heterocycles. The van der Waals surface area contributed by atoms with Gasteiger partial charge < -0.3 is 4.74 Å². The highest BCUT2D eigenvalue weighted by Gasteiger charge is 2.10. The van der Waals surface area contributed by atoms with Gasteiger partial charge in [0.1, 0.15) is 5.75 Å². The number of hydrogen-bond acceptors (Lipinski definition) is 4. The largest absolute Gasteiger partial charge is 0.485 e. The number of benzene rings is 1. The van der Waals surface area contributed by atoms with Crippen LogP contribution in [0, 0.1) is 0 Å². The molecule has 0 spiro atoms. The van der Waals surface area contributed by atoms with Crippen LogP contribution in [0.3, 0.4) is 0 Å². The van der Waals surface area contributed by atoms with Gasteiger partial charge in [-0.05, 0) is 24.3 Å². The molecular weight excluding hydrogens is 196 g/mol. The Morgan fingerprint density at radius 1 is 1.27 bits per heavy atom. The van der Waals surface area contributed by atoms with Crippen LogP contribution in [0.25, 0.3) is 0 Å². The van der Waals surface area contributed by atoms with Gasteiger partial charge >= 0.3 is 0 Å². The van der Waals surface area contributed by atoms with E-state index in [2.05, 4.69) is 0 Å². The maximum atomic E-state index is 11.2. The van der Waals surface area contributed by atoms with Gasteiger partial charge in [-0.3, -0.25) is 14.4 Å². The van der Waals surface area contributed by atoms with Crippen molar-refractivity contribution >= 4 is 17.9 Å². The summed E-state index contributed by atoms with van der Waals surface area (Å²) in [6.07, 6.45) is 1.58. The van der Waals surface area contributed by atoms with E-state index < -0.39 is 11.6 Å². The Hall–Kier alpha value is -1.97. The summed E-state index contributed by atoms with van der Waals surface area (Å²) in [6.45, 7) is 1.06. The average Bonchev–Trinajstić information content (AvgIpc) is 2.26. The van der Waals surface area contributed by atoms with Gasteiger partial charge in [0.15, 0.2) is 12.4 Å². The molecule has 0 fully saturated rings. The van der Waals surface area contributed by atoms with Crippen LogP contribution in [0.1, 0.15) is 17.3 Å². The molecule has 0 saturated carbocycles. The van der Waals surface area contributed by atoms with E-state index in [0.717, 1.165) is 0 Å². The molecule has 0 aliphatic carbocycles. The van der Waals surface area contributed by atoms with Crippen molar-refractivity contribution in [3.05, 3.63) is 29.8 Å². The van der Waals surface area contributed by atoms with Crippen LogP contribution in [-0.2, 0) is 9.59 Å². The van der Waals surface area contributed by atoms with E-state index in [4.69, 9.17) is 4.74 Å². The first-order chi connectivity index (χ1) is 7.15. The first-order valence-corrected chi connectivity index (χ1v) is 4.28. The Bertz CT molecular complexity index is 378. The van der Waals surface area contributed by atoms with Gasteiger partial charge in [0, 0.05) is 12.5 Å². The van der Waals surface area contributed by atoms with E-state index in [9.17, 15) is 14.4 Å². The smallest absolute Gasteiger partial charge is 0.239 e. The number of Topliss-reactive ketones (excluding diaryl/α,β-unsaturated/α-hetero) is 2. The number of ether oxygens (including phenoxy) is 1. The Morgan fingerprint density at radius 3 is 2.33 bits per heavy atom. The Labute approximate surface area is 86.9 Å². The SMILES string of the molecule is CC(=O)C(=O)c1ccc(OC[C]=O)cc1. The molecule has 0 N–H and O–H groups in total. The maximum absolute atomic E-state index is 11.2. The maximum Gasteiger partial charge on any atom is 0.239 e. The van der Waals surface area contributed by atoms with Crippen molar-refractivity contribution in [2.45, 2.75) is 6.92 Å². The van der Waals surface area contributed by atoms with E-state index in [1.807, 2.05) is 0 Å². The second-order valence-electron chi connectivity index (χ2n) is 2.84. The quantitative estimate of drug-likeness (QED) is 0.530. The number of rotatable bonds is 5. The first-order valence-electron chi connectivity index (χ1n) is 4.28. The fourth-order valence-corrected chi connectivity index (χ4v) is 1.02. The summed E-state index contributed by atoms with van der Waals surface area (Å²) in [5, 5.41) is 0. The van der Waals surface area contributed by atoms with Crippen molar-refractivity contribution in [3.63, 3.8) is 0 Å². The highest BCUT2D eigenvalue weighted by molar-refractivity contribution is 6.42. The summed E-state index contributed by atoms with van der Waals surface area (Å²) in [5.74, 6) is -0.591. The van der Waals surface area contributed by atoms with Crippen molar-refractivity contribution in [1.29, 1.82) is 0 Å². The molecule has 1 aromatic carbocycles. The summed E-state index contributed by atoms with van der Waals surface area (Å²) in [4.78, 5) is 31.9. The summed E-state index contributed by atoms with van der Waals surface area (Å²) >= 11 is 0. The van der Waals surface area contributed by atoms with E-state index >= 15 is 0 Å². The summed E-state index contributed by atoms with van der Waals surface area (Å²) in [6, 6.07) is 5.99. The van der Waals surface area contributed by atoms with Crippen LogP contribution in [0.5, 0.6) is 5.75 Å². The minimum Gasteiger partial charge on any atom is -0.485 e. The molecule has 4 nitrogen and oxygen atoms in total. The molecule has 0 aromatic heterocycles. The monoisotopic (exact) mass is 205 g/mol. The molecule has 1 radical (unpaired) electrons. The molecule has 1 aromatic rings. The van der Waals surface area contributed by atoms with Crippen molar-refractivity contribution < 1.29 is 19.1 Å². The third-order valence-electron chi connectivity index (χ3n) is 1.73. The molecule has 0 heterocycles. The fourth-order valence-electron chi connectivity index (χ4n) is 1.02. The molecule has 77 valence electrons. The van der Waals surface area contributed by atoms with Crippen LogP contribution in [-0.4, -0.2) is 24.5 Å². The number of hydrogen-bond donors (Lipinski definition) is 0.